The van der Waals surface area contributed by atoms with Crippen molar-refractivity contribution in [1.82, 2.24) is 0 Å². The van der Waals surface area contributed by atoms with Crippen LogP contribution < -0.4 is 9.47 Å². The summed E-state index contributed by atoms with van der Waals surface area (Å²) >= 11 is 0. The molecular formula is C13H16O6. The van der Waals surface area contributed by atoms with Gasteiger partial charge in [-0.1, -0.05) is 0 Å². The number of hydrogen-bond donors (Lipinski definition) is 2. The van der Waals surface area contributed by atoms with E-state index in [2.05, 4.69) is 0 Å². The lowest BCUT2D eigenvalue weighted by atomic mass is 10.1. The summed E-state index contributed by atoms with van der Waals surface area (Å²) < 4.78 is 15.6. The van der Waals surface area contributed by atoms with E-state index in [0.717, 1.165) is 0 Å². The van der Waals surface area contributed by atoms with Gasteiger partial charge >= 0.3 is 5.97 Å². The largest absolute Gasteiger partial charge is 0.507 e. The molecule has 0 radical (unpaired) electrons. The van der Waals surface area contributed by atoms with Crippen LogP contribution in [0.15, 0.2) is 12.1 Å². The maximum Gasteiger partial charge on any atom is 0.339 e. The SMILES string of the molecule is CCOC(=O)C(O)c1c(O)ccc2c1OCCCO2. The number of esters is 1. The number of fused-ring (bicyclic) bond motifs is 1. The van der Waals surface area contributed by atoms with Gasteiger partial charge in [-0.3, -0.25) is 0 Å². The minimum atomic E-state index is -1.60. The van der Waals surface area contributed by atoms with Crippen LogP contribution in [0.5, 0.6) is 17.2 Å². The van der Waals surface area contributed by atoms with Crippen LogP contribution in [0.25, 0.3) is 0 Å². The molecule has 0 saturated carbocycles. The molecule has 1 aromatic rings. The number of phenols is 1. The monoisotopic (exact) mass is 268 g/mol. The fourth-order valence-corrected chi connectivity index (χ4v) is 1.85. The second kappa shape index (κ2) is 5.79. The lowest BCUT2D eigenvalue weighted by molar-refractivity contribution is -0.153. The molecule has 0 spiro atoms. The van der Waals surface area contributed by atoms with E-state index in [1.54, 1.807) is 6.92 Å². The topological polar surface area (TPSA) is 85.2 Å². The Morgan fingerprint density at radius 3 is 2.89 bits per heavy atom. The number of aliphatic hydroxyl groups is 1. The van der Waals surface area contributed by atoms with Gasteiger partial charge in [0.05, 0.1) is 25.4 Å². The number of carbonyl (C=O) groups is 1. The first-order valence-corrected chi connectivity index (χ1v) is 6.11. The minimum Gasteiger partial charge on any atom is -0.507 e. The minimum absolute atomic E-state index is 0.0159. The van der Waals surface area contributed by atoms with Gasteiger partial charge in [0, 0.05) is 6.42 Å². The molecule has 1 heterocycles. The van der Waals surface area contributed by atoms with Gasteiger partial charge in [-0.2, -0.15) is 0 Å². The Balaban J connectivity index is 2.40. The second-order valence-corrected chi connectivity index (χ2v) is 4.03. The van der Waals surface area contributed by atoms with Gasteiger partial charge in [0.15, 0.2) is 17.6 Å². The van der Waals surface area contributed by atoms with Gasteiger partial charge in [-0.05, 0) is 19.1 Å². The molecule has 2 N–H and O–H groups in total. The quantitative estimate of drug-likeness (QED) is 0.800. The van der Waals surface area contributed by atoms with E-state index in [4.69, 9.17) is 14.2 Å². The van der Waals surface area contributed by atoms with Crippen molar-refractivity contribution in [3.8, 4) is 17.2 Å². The molecule has 1 aliphatic rings. The normalized spacial score (nSPS) is 15.5. The summed E-state index contributed by atoms with van der Waals surface area (Å²) in [7, 11) is 0. The van der Waals surface area contributed by atoms with Crippen molar-refractivity contribution >= 4 is 5.97 Å². The van der Waals surface area contributed by atoms with Gasteiger partial charge in [0.25, 0.3) is 0 Å². The fourth-order valence-electron chi connectivity index (χ4n) is 1.85. The molecule has 0 aliphatic carbocycles. The van der Waals surface area contributed by atoms with Crippen molar-refractivity contribution in [1.29, 1.82) is 0 Å². The van der Waals surface area contributed by atoms with Crippen molar-refractivity contribution in [2.75, 3.05) is 19.8 Å². The van der Waals surface area contributed by atoms with Gasteiger partial charge in [-0.15, -0.1) is 0 Å². The summed E-state index contributed by atoms with van der Waals surface area (Å²) in [5.41, 5.74) is -0.0159. The summed E-state index contributed by atoms with van der Waals surface area (Å²) in [6.07, 6.45) is -0.915. The third-order valence-corrected chi connectivity index (χ3v) is 2.71. The summed E-state index contributed by atoms with van der Waals surface area (Å²) in [4.78, 5) is 11.6. The third kappa shape index (κ3) is 2.73. The maximum atomic E-state index is 11.6. The lowest BCUT2D eigenvalue weighted by Crippen LogP contribution is -2.16. The average Bonchev–Trinajstić information content (AvgIpc) is 2.63. The molecule has 0 bridgehead atoms. The Morgan fingerprint density at radius 2 is 2.16 bits per heavy atom. The maximum absolute atomic E-state index is 11.6. The van der Waals surface area contributed by atoms with Gasteiger partial charge in [0.2, 0.25) is 0 Å². The van der Waals surface area contributed by atoms with Crippen LogP contribution in [-0.4, -0.2) is 36.0 Å². The number of aliphatic hydroxyl groups excluding tert-OH is 1. The Morgan fingerprint density at radius 1 is 1.42 bits per heavy atom. The van der Waals surface area contributed by atoms with E-state index < -0.39 is 12.1 Å². The van der Waals surface area contributed by atoms with Crippen LogP contribution >= 0.6 is 0 Å². The first-order valence-electron chi connectivity index (χ1n) is 6.11. The van der Waals surface area contributed by atoms with Crippen molar-refractivity contribution < 1.29 is 29.2 Å². The van der Waals surface area contributed by atoms with Gasteiger partial charge < -0.3 is 24.4 Å². The van der Waals surface area contributed by atoms with Crippen LogP contribution in [0.1, 0.15) is 25.0 Å². The fraction of sp³-hybridized carbons (Fsp3) is 0.462. The molecule has 19 heavy (non-hydrogen) atoms. The first kappa shape index (κ1) is 13.5. The van der Waals surface area contributed by atoms with Gasteiger partial charge in [0.1, 0.15) is 5.75 Å². The van der Waals surface area contributed by atoms with Crippen molar-refractivity contribution in [3.05, 3.63) is 17.7 Å². The Bertz CT molecular complexity index is 470. The number of phenolic OH excluding ortho intramolecular Hbond substituents is 1. The van der Waals surface area contributed by atoms with E-state index in [0.29, 0.717) is 25.4 Å². The van der Waals surface area contributed by atoms with Crippen LogP contribution in [0, 0.1) is 0 Å². The number of ether oxygens (including phenoxy) is 3. The van der Waals surface area contributed by atoms with Crippen molar-refractivity contribution in [2.24, 2.45) is 0 Å². The van der Waals surface area contributed by atoms with E-state index in [1.165, 1.54) is 12.1 Å². The molecular weight excluding hydrogens is 252 g/mol. The summed E-state index contributed by atoms with van der Waals surface area (Å²) in [6, 6.07) is 2.89. The molecule has 6 heteroatoms. The standard InChI is InChI=1S/C13H16O6/c1-2-17-13(16)11(15)10-8(14)4-5-9-12(10)19-7-3-6-18-9/h4-5,11,14-15H,2-3,6-7H2,1H3. The van der Waals surface area contributed by atoms with E-state index >= 15 is 0 Å². The zero-order valence-corrected chi connectivity index (χ0v) is 10.6. The number of hydrogen-bond acceptors (Lipinski definition) is 6. The molecule has 0 amide bonds. The molecule has 104 valence electrons. The summed E-state index contributed by atoms with van der Waals surface area (Å²) in [5.74, 6) is -0.476. The van der Waals surface area contributed by atoms with E-state index in [9.17, 15) is 15.0 Å². The number of benzene rings is 1. The smallest absolute Gasteiger partial charge is 0.339 e. The third-order valence-electron chi connectivity index (χ3n) is 2.71. The van der Waals surface area contributed by atoms with Crippen LogP contribution in [-0.2, 0) is 9.53 Å². The summed E-state index contributed by atoms with van der Waals surface area (Å²) in [6.45, 7) is 2.64. The highest BCUT2D eigenvalue weighted by Crippen LogP contribution is 2.42. The molecule has 2 rings (SSSR count). The predicted molar refractivity (Wildman–Crippen MR) is 65.3 cm³/mol. The zero-order valence-electron chi connectivity index (χ0n) is 10.6. The number of carbonyl (C=O) groups excluding carboxylic acids is 1. The molecule has 0 saturated heterocycles. The lowest BCUT2D eigenvalue weighted by Gasteiger charge is -2.17. The Kier molecular flexibility index (Phi) is 4.11. The number of aromatic hydroxyl groups is 1. The Hall–Kier alpha value is -1.95. The first-order chi connectivity index (χ1) is 9.15. The molecule has 6 nitrogen and oxygen atoms in total. The summed E-state index contributed by atoms with van der Waals surface area (Å²) in [5, 5.41) is 19.8. The van der Waals surface area contributed by atoms with E-state index in [-0.39, 0.29) is 23.7 Å². The molecule has 1 atom stereocenters. The van der Waals surface area contributed by atoms with Crippen LogP contribution in [0.4, 0.5) is 0 Å². The van der Waals surface area contributed by atoms with Gasteiger partial charge in [-0.25, -0.2) is 4.79 Å². The highest BCUT2D eigenvalue weighted by Gasteiger charge is 2.29. The van der Waals surface area contributed by atoms with Crippen molar-refractivity contribution in [3.63, 3.8) is 0 Å². The highest BCUT2D eigenvalue weighted by atomic mass is 16.5. The molecule has 1 unspecified atom stereocenters. The molecule has 1 aromatic carbocycles. The van der Waals surface area contributed by atoms with Crippen LogP contribution in [0.3, 0.4) is 0 Å². The Labute approximate surface area is 110 Å². The molecule has 1 aliphatic heterocycles. The highest BCUT2D eigenvalue weighted by molar-refractivity contribution is 5.79. The molecule has 0 aromatic heterocycles. The average molecular weight is 268 g/mol. The predicted octanol–water partition coefficient (Wildman–Crippen LogP) is 1.15. The van der Waals surface area contributed by atoms with Crippen molar-refractivity contribution in [2.45, 2.75) is 19.4 Å². The zero-order chi connectivity index (χ0) is 13.8. The van der Waals surface area contributed by atoms with E-state index in [1.807, 2.05) is 0 Å². The second-order valence-electron chi connectivity index (χ2n) is 4.03. The molecule has 0 fully saturated rings. The van der Waals surface area contributed by atoms with Crippen LogP contribution in [0.2, 0.25) is 0 Å². The number of rotatable bonds is 3.